The van der Waals surface area contributed by atoms with Crippen molar-refractivity contribution in [3.8, 4) is 0 Å². The van der Waals surface area contributed by atoms with Crippen molar-refractivity contribution >= 4 is 23.2 Å². The third kappa shape index (κ3) is 4.02. The number of halogens is 2. The zero-order chi connectivity index (χ0) is 15.5. The number of benzene rings is 1. The number of piperazine rings is 1. The van der Waals surface area contributed by atoms with Gasteiger partial charge in [-0.25, -0.2) is 0 Å². The van der Waals surface area contributed by atoms with Crippen molar-refractivity contribution in [3.05, 3.63) is 51.3 Å². The molecule has 0 N–H and O–H groups in total. The smallest absolute Gasteiger partial charge is 0.150 e. The molecule has 2 heterocycles. The number of aryl methyl sites for hydroxylation is 1. The van der Waals surface area contributed by atoms with E-state index in [0.29, 0.717) is 10.0 Å². The zero-order valence-corrected chi connectivity index (χ0v) is 14.1. The highest BCUT2D eigenvalue weighted by Gasteiger charge is 2.18. The Labute approximate surface area is 140 Å². The highest BCUT2D eigenvalue weighted by atomic mass is 35.5. The molecular weight excluding hydrogens is 321 g/mol. The lowest BCUT2D eigenvalue weighted by molar-refractivity contribution is 0.113. The van der Waals surface area contributed by atoms with Crippen molar-refractivity contribution in [2.75, 3.05) is 26.2 Å². The largest absolute Gasteiger partial charge is 0.360 e. The summed E-state index contributed by atoms with van der Waals surface area (Å²) in [6.45, 7) is 7.82. The van der Waals surface area contributed by atoms with E-state index < -0.39 is 0 Å². The van der Waals surface area contributed by atoms with Crippen LogP contribution in [-0.2, 0) is 13.1 Å². The Morgan fingerprint density at radius 2 is 1.68 bits per heavy atom. The van der Waals surface area contributed by atoms with E-state index in [2.05, 4.69) is 15.0 Å². The maximum atomic E-state index is 6.07. The molecule has 3 rings (SSSR count). The van der Waals surface area contributed by atoms with Crippen LogP contribution in [0, 0.1) is 6.92 Å². The molecule has 118 valence electrons. The van der Waals surface area contributed by atoms with Crippen LogP contribution in [0.1, 0.15) is 17.0 Å². The Balaban J connectivity index is 1.50. The average Bonchev–Trinajstić information content (AvgIpc) is 2.90. The monoisotopic (exact) mass is 339 g/mol. The number of nitrogens with zero attached hydrogens (tertiary/aromatic N) is 3. The van der Waals surface area contributed by atoms with Crippen molar-refractivity contribution in [1.29, 1.82) is 0 Å². The van der Waals surface area contributed by atoms with Gasteiger partial charge >= 0.3 is 0 Å². The lowest BCUT2D eigenvalue weighted by atomic mass is 10.2. The standard InChI is InChI=1S/C16H19Cl2N3O/c1-12-8-14(22-19-12)11-21-6-4-20(5-7-21)10-13-2-3-15(17)16(18)9-13/h2-3,8-9H,4-7,10-11H2,1H3. The van der Waals surface area contributed by atoms with E-state index in [1.54, 1.807) is 0 Å². The minimum atomic E-state index is 0.609. The molecule has 0 atom stereocenters. The summed E-state index contributed by atoms with van der Waals surface area (Å²) in [5.41, 5.74) is 2.14. The highest BCUT2D eigenvalue weighted by Crippen LogP contribution is 2.23. The first-order valence-electron chi connectivity index (χ1n) is 7.41. The third-order valence-corrected chi connectivity index (χ3v) is 4.65. The molecule has 1 aromatic carbocycles. The summed E-state index contributed by atoms with van der Waals surface area (Å²) in [5, 5.41) is 5.17. The van der Waals surface area contributed by atoms with Gasteiger partial charge in [-0.2, -0.15) is 0 Å². The lowest BCUT2D eigenvalue weighted by Gasteiger charge is -2.34. The fourth-order valence-corrected chi connectivity index (χ4v) is 3.03. The predicted octanol–water partition coefficient (Wildman–Crippen LogP) is 3.61. The first-order chi connectivity index (χ1) is 10.6. The van der Waals surface area contributed by atoms with Crippen LogP contribution in [0.5, 0.6) is 0 Å². The second kappa shape index (κ2) is 7.01. The molecule has 2 aromatic rings. The molecule has 1 saturated heterocycles. The number of hydrogen-bond donors (Lipinski definition) is 0. The summed E-state index contributed by atoms with van der Waals surface area (Å²) in [6, 6.07) is 7.86. The van der Waals surface area contributed by atoms with E-state index in [1.807, 2.05) is 31.2 Å². The molecule has 0 amide bonds. The van der Waals surface area contributed by atoms with Crippen LogP contribution in [0.15, 0.2) is 28.8 Å². The van der Waals surface area contributed by atoms with Gasteiger partial charge in [0.2, 0.25) is 0 Å². The van der Waals surface area contributed by atoms with Gasteiger partial charge in [0.15, 0.2) is 5.76 Å². The van der Waals surface area contributed by atoms with Crippen molar-refractivity contribution in [2.24, 2.45) is 0 Å². The summed E-state index contributed by atoms with van der Waals surface area (Å²) in [4.78, 5) is 4.83. The van der Waals surface area contributed by atoms with E-state index in [1.165, 1.54) is 5.56 Å². The van der Waals surface area contributed by atoms with Gasteiger partial charge in [-0.15, -0.1) is 0 Å². The molecule has 22 heavy (non-hydrogen) atoms. The molecule has 6 heteroatoms. The fourth-order valence-electron chi connectivity index (χ4n) is 2.71. The third-order valence-electron chi connectivity index (χ3n) is 3.91. The van der Waals surface area contributed by atoms with Gasteiger partial charge in [0.1, 0.15) is 0 Å². The van der Waals surface area contributed by atoms with Gasteiger partial charge in [-0.05, 0) is 24.6 Å². The van der Waals surface area contributed by atoms with Crippen LogP contribution in [0.25, 0.3) is 0 Å². The SMILES string of the molecule is Cc1cc(CN2CCN(Cc3ccc(Cl)c(Cl)c3)CC2)on1. The average molecular weight is 340 g/mol. The molecule has 1 fully saturated rings. The van der Waals surface area contributed by atoms with Crippen LogP contribution in [0.4, 0.5) is 0 Å². The van der Waals surface area contributed by atoms with Gasteiger partial charge in [0.25, 0.3) is 0 Å². The van der Waals surface area contributed by atoms with E-state index in [-0.39, 0.29) is 0 Å². The van der Waals surface area contributed by atoms with E-state index >= 15 is 0 Å². The first kappa shape index (κ1) is 15.8. The second-order valence-electron chi connectivity index (χ2n) is 5.74. The molecule has 0 spiro atoms. The van der Waals surface area contributed by atoms with Crippen molar-refractivity contribution in [1.82, 2.24) is 15.0 Å². The molecule has 0 aliphatic carbocycles. The predicted molar refractivity (Wildman–Crippen MR) is 88.3 cm³/mol. The Morgan fingerprint density at radius 1 is 1.00 bits per heavy atom. The fraction of sp³-hybridized carbons (Fsp3) is 0.438. The van der Waals surface area contributed by atoms with E-state index in [0.717, 1.165) is 50.7 Å². The summed E-state index contributed by atoms with van der Waals surface area (Å²) in [6.07, 6.45) is 0. The number of aromatic nitrogens is 1. The molecule has 0 radical (unpaired) electrons. The lowest BCUT2D eigenvalue weighted by Crippen LogP contribution is -2.45. The summed E-state index contributed by atoms with van der Waals surface area (Å²) >= 11 is 12.0. The first-order valence-corrected chi connectivity index (χ1v) is 8.16. The minimum Gasteiger partial charge on any atom is -0.360 e. The van der Waals surface area contributed by atoms with Crippen LogP contribution in [-0.4, -0.2) is 41.1 Å². The van der Waals surface area contributed by atoms with Gasteiger partial charge in [0, 0.05) is 38.8 Å². The quantitative estimate of drug-likeness (QED) is 0.851. The van der Waals surface area contributed by atoms with Crippen LogP contribution in [0.3, 0.4) is 0 Å². The van der Waals surface area contributed by atoms with Crippen LogP contribution >= 0.6 is 23.2 Å². The minimum absolute atomic E-state index is 0.609. The topological polar surface area (TPSA) is 32.5 Å². The molecule has 1 aromatic heterocycles. The number of rotatable bonds is 4. The van der Waals surface area contributed by atoms with Crippen LogP contribution < -0.4 is 0 Å². The zero-order valence-electron chi connectivity index (χ0n) is 12.6. The summed E-state index contributed by atoms with van der Waals surface area (Å²) < 4.78 is 5.28. The Kier molecular flexibility index (Phi) is 5.03. The normalized spacial score (nSPS) is 17.0. The molecule has 0 saturated carbocycles. The maximum absolute atomic E-state index is 6.07. The van der Waals surface area contributed by atoms with Gasteiger partial charge in [-0.3, -0.25) is 9.80 Å². The Bertz CT molecular complexity index is 636. The molecule has 4 nitrogen and oxygen atoms in total. The van der Waals surface area contributed by atoms with E-state index in [4.69, 9.17) is 27.7 Å². The van der Waals surface area contributed by atoms with Gasteiger partial charge in [0.05, 0.1) is 22.3 Å². The van der Waals surface area contributed by atoms with Crippen molar-refractivity contribution in [3.63, 3.8) is 0 Å². The Morgan fingerprint density at radius 3 is 2.27 bits per heavy atom. The van der Waals surface area contributed by atoms with Crippen molar-refractivity contribution < 1.29 is 4.52 Å². The molecule has 1 aliphatic rings. The molecule has 1 aliphatic heterocycles. The highest BCUT2D eigenvalue weighted by molar-refractivity contribution is 6.42. The van der Waals surface area contributed by atoms with E-state index in [9.17, 15) is 0 Å². The second-order valence-corrected chi connectivity index (χ2v) is 6.55. The number of hydrogen-bond acceptors (Lipinski definition) is 4. The summed E-state index contributed by atoms with van der Waals surface area (Å²) in [7, 11) is 0. The maximum Gasteiger partial charge on any atom is 0.150 e. The van der Waals surface area contributed by atoms with Gasteiger partial charge in [-0.1, -0.05) is 34.4 Å². The molecule has 0 bridgehead atoms. The Hall–Kier alpha value is -1.07. The van der Waals surface area contributed by atoms with Gasteiger partial charge < -0.3 is 4.52 Å². The summed E-state index contributed by atoms with van der Waals surface area (Å²) in [5.74, 6) is 0.940. The van der Waals surface area contributed by atoms with Crippen LogP contribution in [0.2, 0.25) is 10.0 Å². The molecule has 0 unspecified atom stereocenters. The van der Waals surface area contributed by atoms with Crippen molar-refractivity contribution in [2.45, 2.75) is 20.0 Å². The molecular formula is C16H19Cl2N3O.